The number of esters is 1. The van der Waals surface area contributed by atoms with Crippen LogP contribution < -0.4 is 10.1 Å². The topological polar surface area (TPSA) is 67.9 Å². The molecule has 2 aromatic carbocycles. The number of carbonyl (C=O) groups is 2. The predicted octanol–water partition coefficient (Wildman–Crippen LogP) is 5.61. The van der Waals surface area contributed by atoms with Crippen molar-refractivity contribution in [1.82, 2.24) is 10.2 Å². The second-order valence-corrected chi connectivity index (χ2v) is 11.7. The Balaban J connectivity index is 1.40. The molecule has 1 aliphatic heterocycles. The van der Waals surface area contributed by atoms with Crippen LogP contribution in [0.3, 0.4) is 0 Å². The summed E-state index contributed by atoms with van der Waals surface area (Å²) < 4.78 is 50.8. The minimum atomic E-state index is -4.46. The molecule has 4 atom stereocenters. The van der Waals surface area contributed by atoms with E-state index in [0.29, 0.717) is 12.8 Å². The molecule has 3 fully saturated rings. The molecule has 1 saturated heterocycles. The average Bonchev–Trinajstić information content (AvgIpc) is 3.76. The molecule has 0 aromatic heterocycles. The Hall–Kier alpha value is -3.33. The van der Waals surface area contributed by atoms with Crippen molar-refractivity contribution in [2.45, 2.75) is 62.8 Å². The normalized spacial score (nSPS) is 26.8. The number of hydrogen-bond acceptors (Lipinski definition) is 5. The molecule has 3 aliphatic rings. The monoisotopic (exact) mass is 570 g/mol. The van der Waals surface area contributed by atoms with Crippen LogP contribution in [0.25, 0.3) is 6.08 Å². The summed E-state index contributed by atoms with van der Waals surface area (Å²) in [4.78, 5) is 27.8. The Kier molecular flexibility index (Phi) is 8.45. The summed E-state index contributed by atoms with van der Waals surface area (Å²) in [5, 5.41) is 3.06. The fraction of sp³-hybridized carbons (Fsp3) is 0.500. The number of fused-ring (bicyclic) bond motifs is 1. The van der Waals surface area contributed by atoms with Gasteiger partial charge in [-0.25, -0.2) is 0 Å². The first-order chi connectivity index (χ1) is 19.6. The maximum atomic E-state index is 13.1. The van der Waals surface area contributed by atoms with Crippen LogP contribution in [0.2, 0.25) is 0 Å². The van der Waals surface area contributed by atoms with Gasteiger partial charge in [-0.15, -0.1) is 0 Å². The van der Waals surface area contributed by atoms with Gasteiger partial charge in [0.15, 0.2) is 0 Å². The molecular formula is C32H37F3N2O4. The minimum Gasteiger partial charge on any atom is -0.497 e. The molecule has 41 heavy (non-hydrogen) atoms. The zero-order valence-corrected chi connectivity index (χ0v) is 23.5. The van der Waals surface area contributed by atoms with Gasteiger partial charge in [-0.1, -0.05) is 24.3 Å². The molecule has 0 bridgehead atoms. The molecule has 0 radical (unpaired) electrons. The fourth-order valence-electron chi connectivity index (χ4n) is 6.72. The van der Waals surface area contributed by atoms with Gasteiger partial charge < -0.3 is 19.7 Å². The van der Waals surface area contributed by atoms with Crippen molar-refractivity contribution in [2.75, 3.05) is 26.7 Å². The molecule has 1 heterocycles. The number of methoxy groups -OCH3 is 1. The van der Waals surface area contributed by atoms with Gasteiger partial charge in [-0.2, -0.15) is 13.2 Å². The maximum absolute atomic E-state index is 13.1. The van der Waals surface area contributed by atoms with Crippen molar-refractivity contribution in [3.63, 3.8) is 0 Å². The number of hydrogen-bond donors (Lipinski definition) is 1. The van der Waals surface area contributed by atoms with Gasteiger partial charge in [0.1, 0.15) is 11.9 Å². The minimum absolute atomic E-state index is 0.0415. The summed E-state index contributed by atoms with van der Waals surface area (Å²) in [5.74, 6) is 0.769. The lowest BCUT2D eigenvalue weighted by Gasteiger charge is -2.55. The maximum Gasteiger partial charge on any atom is 0.416 e. The number of likely N-dealkylation sites (tertiary alicyclic amines) is 1. The molecule has 5 rings (SSSR count). The molecule has 6 nitrogen and oxygen atoms in total. The van der Waals surface area contributed by atoms with Gasteiger partial charge in [-0.3, -0.25) is 9.59 Å². The lowest BCUT2D eigenvalue weighted by molar-refractivity contribution is -0.157. The number of rotatable bonds is 8. The Labute approximate surface area is 238 Å². The number of halogens is 3. The van der Waals surface area contributed by atoms with E-state index in [0.717, 1.165) is 55.4 Å². The first-order valence-electron chi connectivity index (χ1n) is 14.3. The highest BCUT2D eigenvalue weighted by Crippen LogP contribution is 2.51. The van der Waals surface area contributed by atoms with Crippen molar-refractivity contribution < 1.29 is 32.2 Å². The van der Waals surface area contributed by atoms with Crippen LogP contribution >= 0.6 is 0 Å². The molecule has 1 N–H and O–H groups in total. The Morgan fingerprint density at radius 3 is 2.63 bits per heavy atom. The third-order valence-corrected chi connectivity index (χ3v) is 8.78. The summed E-state index contributed by atoms with van der Waals surface area (Å²) in [5.41, 5.74) is 0.266. The summed E-state index contributed by atoms with van der Waals surface area (Å²) >= 11 is 0. The van der Waals surface area contributed by atoms with Crippen LogP contribution in [-0.2, 0) is 25.9 Å². The van der Waals surface area contributed by atoms with E-state index in [-0.39, 0.29) is 28.9 Å². The van der Waals surface area contributed by atoms with E-state index < -0.39 is 23.8 Å². The lowest BCUT2D eigenvalue weighted by Crippen LogP contribution is -2.61. The number of nitrogens with one attached hydrogen (secondary N) is 1. The van der Waals surface area contributed by atoms with E-state index in [1.54, 1.807) is 7.11 Å². The summed E-state index contributed by atoms with van der Waals surface area (Å²) in [6.07, 6.45) is 2.29. The molecule has 9 heteroatoms. The van der Waals surface area contributed by atoms with Crippen molar-refractivity contribution in [3.8, 4) is 5.75 Å². The van der Waals surface area contributed by atoms with Gasteiger partial charge in [0.2, 0.25) is 5.91 Å². The van der Waals surface area contributed by atoms with Crippen LogP contribution in [0.1, 0.15) is 55.7 Å². The van der Waals surface area contributed by atoms with Crippen molar-refractivity contribution in [1.29, 1.82) is 0 Å². The number of benzene rings is 2. The Morgan fingerprint density at radius 1 is 1.15 bits per heavy atom. The van der Waals surface area contributed by atoms with Crippen molar-refractivity contribution in [3.05, 3.63) is 71.3 Å². The van der Waals surface area contributed by atoms with E-state index in [2.05, 4.69) is 16.3 Å². The highest BCUT2D eigenvalue weighted by Gasteiger charge is 2.54. The quantitative estimate of drug-likeness (QED) is 0.330. The van der Waals surface area contributed by atoms with Crippen molar-refractivity contribution >= 4 is 18.0 Å². The SMILES string of the molecule is COc1cccc(C23CCN(CC4CC4)CC2C(OC(C)=O)CC(NC(=O)/C=C/c2cccc(C(F)(F)F)c2)C3)c1. The van der Waals surface area contributed by atoms with Gasteiger partial charge in [0.25, 0.3) is 0 Å². The molecule has 2 aromatic rings. The number of nitrogens with zero attached hydrogens (tertiary/aromatic N) is 1. The third-order valence-electron chi connectivity index (χ3n) is 8.78. The third kappa shape index (κ3) is 6.94. The second-order valence-electron chi connectivity index (χ2n) is 11.7. The highest BCUT2D eigenvalue weighted by atomic mass is 19.4. The van der Waals surface area contributed by atoms with E-state index in [1.807, 2.05) is 18.2 Å². The second kappa shape index (κ2) is 11.9. The average molecular weight is 571 g/mol. The number of ether oxygens (including phenoxy) is 2. The van der Waals surface area contributed by atoms with Gasteiger partial charge in [0, 0.05) is 49.9 Å². The van der Waals surface area contributed by atoms with E-state index in [9.17, 15) is 22.8 Å². The van der Waals surface area contributed by atoms with Crippen molar-refractivity contribution in [2.24, 2.45) is 11.8 Å². The van der Waals surface area contributed by atoms with E-state index >= 15 is 0 Å². The predicted molar refractivity (Wildman–Crippen MR) is 149 cm³/mol. The number of carbonyl (C=O) groups excluding carboxylic acids is 2. The summed E-state index contributed by atoms with van der Waals surface area (Å²) in [6, 6.07) is 12.6. The largest absolute Gasteiger partial charge is 0.497 e. The number of piperidine rings is 1. The molecule has 2 aliphatic carbocycles. The fourth-order valence-corrected chi connectivity index (χ4v) is 6.72. The van der Waals surface area contributed by atoms with Crippen LogP contribution in [0.15, 0.2) is 54.6 Å². The zero-order chi connectivity index (χ0) is 29.2. The zero-order valence-electron chi connectivity index (χ0n) is 23.5. The van der Waals surface area contributed by atoms with E-state index in [1.165, 1.54) is 44.1 Å². The van der Waals surface area contributed by atoms with Gasteiger partial charge in [-0.05, 0) is 79.6 Å². The smallest absolute Gasteiger partial charge is 0.416 e. The standard InChI is InChI=1S/C32H37F3N2O4/c1-21(38)41-29-17-26(36-30(39)12-11-22-5-3-7-25(15-22)32(33,34)35)18-31(24-6-4-8-27(16-24)40-2)13-14-37(20-28(29)31)19-23-9-10-23/h3-8,11-12,15-16,23,26,28-29H,9-10,13-14,17-20H2,1-2H3,(H,36,39)/b12-11+. The Bertz CT molecular complexity index is 1290. The van der Waals surface area contributed by atoms with E-state index in [4.69, 9.17) is 9.47 Å². The molecule has 4 unspecified atom stereocenters. The first-order valence-corrected chi connectivity index (χ1v) is 14.3. The number of amides is 1. The summed E-state index contributed by atoms with van der Waals surface area (Å²) in [7, 11) is 1.63. The van der Waals surface area contributed by atoms with Gasteiger partial charge >= 0.3 is 12.1 Å². The number of alkyl halides is 3. The summed E-state index contributed by atoms with van der Waals surface area (Å²) in [6.45, 7) is 4.19. The molecule has 2 saturated carbocycles. The Morgan fingerprint density at radius 2 is 1.93 bits per heavy atom. The molecule has 0 spiro atoms. The first kappa shape index (κ1) is 29.2. The van der Waals surface area contributed by atoms with Crippen LogP contribution in [0, 0.1) is 11.8 Å². The van der Waals surface area contributed by atoms with Gasteiger partial charge in [0.05, 0.1) is 12.7 Å². The molecule has 220 valence electrons. The lowest BCUT2D eigenvalue weighted by atomic mass is 9.57. The van der Waals surface area contributed by atoms with Crippen LogP contribution in [0.5, 0.6) is 5.75 Å². The highest BCUT2D eigenvalue weighted by molar-refractivity contribution is 5.92. The van der Waals surface area contributed by atoms with Crippen LogP contribution in [-0.4, -0.2) is 55.7 Å². The van der Waals surface area contributed by atoms with Crippen LogP contribution in [0.4, 0.5) is 13.2 Å². The molecule has 1 amide bonds. The molecular weight excluding hydrogens is 533 g/mol.